The number of benzene rings is 1. The first-order valence-corrected chi connectivity index (χ1v) is 8.51. The van der Waals surface area contributed by atoms with Crippen LogP contribution in [0.3, 0.4) is 0 Å². The molecule has 0 saturated heterocycles. The van der Waals surface area contributed by atoms with Crippen LogP contribution >= 0.6 is 0 Å². The quantitative estimate of drug-likeness (QED) is 0.830. The molecule has 3 rings (SSSR count). The van der Waals surface area contributed by atoms with E-state index in [0.29, 0.717) is 18.0 Å². The van der Waals surface area contributed by atoms with E-state index in [1.54, 1.807) is 18.2 Å². The molecule has 1 unspecified atom stereocenters. The molecule has 7 nitrogen and oxygen atoms in total. The van der Waals surface area contributed by atoms with Crippen LogP contribution in [0, 0.1) is 0 Å². The standard InChI is InChI=1S/C19H21N3O4/c1-3-12(2)21-19(24)15-6-4-5-14(22-15)18(23)20-10-13-7-8-16-17(9-13)26-11-25-16/h4-9,12H,3,10-11H2,1-2H3,(H,20,23)(H,21,24). The molecular formula is C19H21N3O4. The lowest BCUT2D eigenvalue weighted by Gasteiger charge is -2.11. The third-order valence-corrected chi connectivity index (χ3v) is 4.09. The van der Waals surface area contributed by atoms with E-state index in [4.69, 9.17) is 9.47 Å². The molecule has 7 heteroatoms. The van der Waals surface area contributed by atoms with Crippen LogP contribution in [-0.2, 0) is 6.54 Å². The first-order valence-electron chi connectivity index (χ1n) is 8.51. The molecule has 2 heterocycles. The zero-order valence-corrected chi connectivity index (χ0v) is 14.7. The number of ether oxygens (including phenoxy) is 2. The van der Waals surface area contributed by atoms with Gasteiger partial charge in [-0.1, -0.05) is 19.1 Å². The van der Waals surface area contributed by atoms with E-state index in [-0.39, 0.29) is 36.0 Å². The summed E-state index contributed by atoms with van der Waals surface area (Å²) < 4.78 is 10.6. The molecule has 0 saturated carbocycles. The van der Waals surface area contributed by atoms with Gasteiger partial charge in [-0.05, 0) is 43.2 Å². The van der Waals surface area contributed by atoms with E-state index >= 15 is 0 Å². The van der Waals surface area contributed by atoms with Crippen LogP contribution in [-0.4, -0.2) is 29.6 Å². The van der Waals surface area contributed by atoms with Crippen molar-refractivity contribution in [3.63, 3.8) is 0 Å². The molecular weight excluding hydrogens is 334 g/mol. The van der Waals surface area contributed by atoms with Crippen LogP contribution in [0.1, 0.15) is 46.8 Å². The van der Waals surface area contributed by atoms with E-state index in [1.807, 2.05) is 32.0 Å². The first kappa shape index (κ1) is 17.7. The van der Waals surface area contributed by atoms with Gasteiger partial charge in [0.2, 0.25) is 6.79 Å². The predicted molar refractivity (Wildman–Crippen MR) is 95.2 cm³/mol. The summed E-state index contributed by atoms with van der Waals surface area (Å²) in [7, 11) is 0. The SMILES string of the molecule is CCC(C)NC(=O)c1cccc(C(=O)NCc2ccc3c(c2)OCO3)n1. The smallest absolute Gasteiger partial charge is 0.270 e. The summed E-state index contributed by atoms with van der Waals surface area (Å²) in [4.78, 5) is 28.7. The maximum Gasteiger partial charge on any atom is 0.270 e. The molecule has 1 aromatic carbocycles. The number of carbonyl (C=O) groups is 2. The summed E-state index contributed by atoms with van der Waals surface area (Å²) in [6.07, 6.45) is 0.821. The number of rotatable bonds is 6. The van der Waals surface area contributed by atoms with Crippen LogP contribution in [0.25, 0.3) is 0 Å². The van der Waals surface area contributed by atoms with Crippen molar-refractivity contribution in [1.82, 2.24) is 15.6 Å². The van der Waals surface area contributed by atoms with Crippen molar-refractivity contribution in [2.45, 2.75) is 32.9 Å². The van der Waals surface area contributed by atoms with E-state index in [0.717, 1.165) is 12.0 Å². The van der Waals surface area contributed by atoms with Crippen LogP contribution in [0.15, 0.2) is 36.4 Å². The number of hydrogen-bond acceptors (Lipinski definition) is 5. The summed E-state index contributed by atoms with van der Waals surface area (Å²) in [5, 5.41) is 5.63. The molecule has 136 valence electrons. The summed E-state index contributed by atoms with van der Waals surface area (Å²) in [5.74, 6) is 0.728. The van der Waals surface area contributed by atoms with E-state index < -0.39 is 0 Å². The van der Waals surface area contributed by atoms with Gasteiger partial charge in [0.25, 0.3) is 11.8 Å². The Morgan fingerprint density at radius 3 is 2.62 bits per heavy atom. The molecule has 1 aromatic heterocycles. The van der Waals surface area contributed by atoms with Crippen LogP contribution in [0.5, 0.6) is 11.5 Å². The van der Waals surface area contributed by atoms with Gasteiger partial charge in [0, 0.05) is 12.6 Å². The number of nitrogens with one attached hydrogen (secondary N) is 2. The maximum absolute atomic E-state index is 12.3. The molecule has 0 fully saturated rings. The highest BCUT2D eigenvalue weighted by atomic mass is 16.7. The van der Waals surface area contributed by atoms with Crippen LogP contribution < -0.4 is 20.1 Å². The Morgan fingerprint density at radius 1 is 1.12 bits per heavy atom. The first-order chi connectivity index (χ1) is 12.6. The Hall–Kier alpha value is -3.09. The molecule has 0 bridgehead atoms. The lowest BCUT2D eigenvalue weighted by molar-refractivity contribution is 0.0933. The Bertz CT molecular complexity index is 822. The Kier molecular flexibility index (Phi) is 5.36. The van der Waals surface area contributed by atoms with Gasteiger partial charge in [-0.15, -0.1) is 0 Å². The minimum absolute atomic E-state index is 0.0489. The molecule has 0 radical (unpaired) electrons. The summed E-state index contributed by atoms with van der Waals surface area (Å²) >= 11 is 0. The topological polar surface area (TPSA) is 89.6 Å². The van der Waals surface area contributed by atoms with Crippen molar-refractivity contribution in [3.8, 4) is 11.5 Å². The number of hydrogen-bond donors (Lipinski definition) is 2. The summed E-state index contributed by atoms with van der Waals surface area (Å²) in [5.41, 5.74) is 1.30. The fraction of sp³-hybridized carbons (Fsp3) is 0.316. The second-order valence-corrected chi connectivity index (χ2v) is 6.06. The summed E-state index contributed by atoms with van der Waals surface area (Å²) in [6, 6.07) is 10.4. The minimum Gasteiger partial charge on any atom is -0.454 e. The van der Waals surface area contributed by atoms with Gasteiger partial charge in [-0.3, -0.25) is 9.59 Å². The molecule has 1 atom stereocenters. The fourth-order valence-corrected chi connectivity index (χ4v) is 2.41. The number of nitrogens with zero attached hydrogens (tertiary/aromatic N) is 1. The van der Waals surface area contributed by atoms with Crippen molar-refractivity contribution in [3.05, 3.63) is 53.3 Å². The molecule has 0 spiro atoms. The highest BCUT2D eigenvalue weighted by Gasteiger charge is 2.15. The molecule has 26 heavy (non-hydrogen) atoms. The van der Waals surface area contributed by atoms with E-state index in [1.165, 1.54) is 0 Å². The summed E-state index contributed by atoms with van der Waals surface area (Å²) in [6.45, 7) is 4.43. The lowest BCUT2D eigenvalue weighted by Crippen LogP contribution is -2.33. The molecule has 2 N–H and O–H groups in total. The monoisotopic (exact) mass is 355 g/mol. The average Bonchev–Trinajstić information content (AvgIpc) is 3.13. The largest absolute Gasteiger partial charge is 0.454 e. The predicted octanol–water partition coefficient (Wildman–Crippen LogP) is 2.27. The highest BCUT2D eigenvalue weighted by molar-refractivity contribution is 5.96. The maximum atomic E-state index is 12.3. The minimum atomic E-state index is -0.346. The Balaban J connectivity index is 1.63. The lowest BCUT2D eigenvalue weighted by atomic mass is 10.2. The molecule has 1 aliphatic heterocycles. The van der Waals surface area contributed by atoms with Gasteiger partial charge in [0.15, 0.2) is 11.5 Å². The fourth-order valence-electron chi connectivity index (χ4n) is 2.41. The van der Waals surface area contributed by atoms with Gasteiger partial charge in [0.1, 0.15) is 11.4 Å². The molecule has 2 amide bonds. The van der Waals surface area contributed by atoms with Gasteiger partial charge < -0.3 is 20.1 Å². The number of pyridine rings is 1. The van der Waals surface area contributed by atoms with Gasteiger partial charge in [0.05, 0.1) is 0 Å². The van der Waals surface area contributed by atoms with E-state index in [2.05, 4.69) is 15.6 Å². The number of amides is 2. The van der Waals surface area contributed by atoms with Crippen molar-refractivity contribution < 1.29 is 19.1 Å². The average molecular weight is 355 g/mol. The zero-order chi connectivity index (χ0) is 18.5. The number of carbonyl (C=O) groups excluding carboxylic acids is 2. The zero-order valence-electron chi connectivity index (χ0n) is 14.7. The Labute approximate surface area is 151 Å². The normalized spacial score (nSPS) is 13.2. The molecule has 0 aliphatic carbocycles. The van der Waals surface area contributed by atoms with Crippen molar-refractivity contribution in [1.29, 1.82) is 0 Å². The van der Waals surface area contributed by atoms with Crippen LogP contribution in [0.4, 0.5) is 0 Å². The van der Waals surface area contributed by atoms with Crippen molar-refractivity contribution >= 4 is 11.8 Å². The van der Waals surface area contributed by atoms with Gasteiger partial charge >= 0.3 is 0 Å². The molecule has 2 aromatic rings. The second-order valence-electron chi connectivity index (χ2n) is 6.06. The Morgan fingerprint density at radius 2 is 1.85 bits per heavy atom. The third kappa shape index (κ3) is 4.11. The van der Waals surface area contributed by atoms with Crippen LogP contribution in [0.2, 0.25) is 0 Å². The van der Waals surface area contributed by atoms with Crippen molar-refractivity contribution in [2.24, 2.45) is 0 Å². The number of fused-ring (bicyclic) bond motifs is 1. The van der Waals surface area contributed by atoms with Crippen molar-refractivity contribution in [2.75, 3.05) is 6.79 Å². The number of aromatic nitrogens is 1. The molecule has 1 aliphatic rings. The second kappa shape index (κ2) is 7.86. The third-order valence-electron chi connectivity index (χ3n) is 4.09. The van der Waals surface area contributed by atoms with E-state index in [9.17, 15) is 9.59 Å². The highest BCUT2D eigenvalue weighted by Crippen LogP contribution is 2.32. The van der Waals surface area contributed by atoms with Gasteiger partial charge in [-0.25, -0.2) is 4.98 Å². The van der Waals surface area contributed by atoms with Gasteiger partial charge in [-0.2, -0.15) is 0 Å².